The molecule has 2 heterocycles. The lowest BCUT2D eigenvalue weighted by molar-refractivity contribution is -0.119. The number of carbonyl (C=O) groups is 1. The van der Waals surface area contributed by atoms with Gasteiger partial charge in [0, 0.05) is 37.1 Å². The molecule has 7 heteroatoms. The monoisotopic (exact) mass is 498 g/mol. The number of piperidine rings is 1. The highest BCUT2D eigenvalue weighted by atomic mass is 16.5. The topological polar surface area (TPSA) is 80.5 Å². The molecule has 1 fully saturated rings. The van der Waals surface area contributed by atoms with E-state index in [0.29, 0.717) is 29.9 Å². The molecule has 1 aromatic heterocycles. The number of anilines is 1. The van der Waals surface area contributed by atoms with E-state index in [1.807, 2.05) is 61.5 Å². The van der Waals surface area contributed by atoms with Gasteiger partial charge in [0.15, 0.2) is 5.82 Å². The number of benzene rings is 2. The molecule has 1 aliphatic carbocycles. The van der Waals surface area contributed by atoms with E-state index in [0.717, 1.165) is 24.4 Å². The number of ether oxygens (including phenoxy) is 1. The van der Waals surface area contributed by atoms with Crippen LogP contribution in [0.2, 0.25) is 0 Å². The quantitative estimate of drug-likeness (QED) is 0.447. The third-order valence-electron chi connectivity index (χ3n) is 7.23. The van der Waals surface area contributed by atoms with Crippen molar-refractivity contribution in [3.8, 4) is 5.75 Å². The van der Waals surface area contributed by atoms with Crippen molar-refractivity contribution in [2.75, 3.05) is 32.1 Å². The van der Waals surface area contributed by atoms with Crippen LogP contribution in [0.5, 0.6) is 5.75 Å². The summed E-state index contributed by atoms with van der Waals surface area (Å²) in [6, 6.07) is 17.8. The molecule has 0 bridgehead atoms. The van der Waals surface area contributed by atoms with Crippen molar-refractivity contribution in [2.24, 2.45) is 5.92 Å². The normalized spacial score (nSPS) is 23.9. The number of aromatic nitrogens is 2. The van der Waals surface area contributed by atoms with Crippen LogP contribution in [-0.4, -0.2) is 47.7 Å². The summed E-state index contributed by atoms with van der Waals surface area (Å²) < 4.78 is 11.4. The fourth-order valence-electron chi connectivity index (χ4n) is 5.30. The maximum absolute atomic E-state index is 13.9. The Morgan fingerprint density at radius 2 is 2.03 bits per heavy atom. The number of nitrogens with zero attached hydrogens (tertiary/aromatic N) is 3. The highest BCUT2D eigenvalue weighted by molar-refractivity contribution is 6.02. The Morgan fingerprint density at radius 3 is 2.76 bits per heavy atom. The lowest BCUT2D eigenvalue weighted by Gasteiger charge is -2.30. The Kier molecular flexibility index (Phi) is 7.24. The highest BCUT2D eigenvalue weighted by Gasteiger charge is 2.43. The molecule has 3 atom stereocenters. The second-order valence-corrected chi connectivity index (χ2v) is 10.2. The first-order valence-electron chi connectivity index (χ1n) is 12.9. The van der Waals surface area contributed by atoms with Gasteiger partial charge in [-0.1, -0.05) is 65.4 Å². The number of nitrogens with one attached hydrogen (secondary N) is 1. The SMILES string of the molecule is CC1=CC(C(=O)Nc2cccc(OCC3CCCN(C)C3)c2)(c2noc(C)n2)C=CC1c1ccccc1. The van der Waals surface area contributed by atoms with Gasteiger partial charge in [0.2, 0.25) is 11.8 Å². The second-order valence-electron chi connectivity index (χ2n) is 10.2. The molecular formula is C30H34N4O3. The van der Waals surface area contributed by atoms with Crippen LogP contribution < -0.4 is 10.1 Å². The number of hydrogen-bond acceptors (Lipinski definition) is 6. The molecule has 3 unspecified atom stereocenters. The molecule has 1 N–H and O–H groups in total. The Bertz CT molecular complexity index is 1300. The van der Waals surface area contributed by atoms with Crippen LogP contribution in [0.25, 0.3) is 0 Å². The Labute approximate surface area is 218 Å². The van der Waals surface area contributed by atoms with Crippen molar-refractivity contribution < 1.29 is 14.1 Å². The van der Waals surface area contributed by atoms with E-state index < -0.39 is 5.41 Å². The minimum Gasteiger partial charge on any atom is -0.493 e. The van der Waals surface area contributed by atoms with Crippen molar-refractivity contribution in [3.63, 3.8) is 0 Å². The molecule has 2 aliphatic rings. The van der Waals surface area contributed by atoms with Gasteiger partial charge in [-0.25, -0.2) is 0 Å². The van der Waals surface area contributed by atoms with Crippen molar-refractivity contribution in [2.45, 2.75) is 38.0 Å². The van der Waals surface area contributed by atoms with Gasteiger partial charge >= 0.3 is 0 Å². The summed E-state index contributed by atoms with van der Waals surface area (Å²) in [6.45, 7) is 6.62. The van der Waals surface area contributed by atoms with Gasteiger partial charge < -0.3 is 19.5 Å². The first-order valence-corrected chi connectivity index (χ1v) is 12.9. The number of likely N-dealkylation sites (tertiary alicyclic amines) is 1. The number of aryl methyl sites for hydroxylation is 1. The molecule has 7 nitrogen and oxygen atoms in total. The number of hydrogen-bond donors (Lipinski definition) is 1. The zero-order chi connectivity index (χ0) is 25.8. The van der Waals surface area contributed by atoms with Crippen LogP contribution in [0, 0.1) is 12.8 Å². The summed E-state index contributed by atoms with van der Waals surface area (Å²) in [5, 5.41) is 7.22. The van der Waals surface area contributed by atoms with E-state index in [9.17, 15) is 4.79 Å². The van der Waals surface area contributed by atoms with E-state index in [4.69, 9.17) is 9.26 Å². The largest absolute Gasteiger partial charge is 0.493 e. The van der Waals surface area contributed by atoms with Crippen molar-refractivity contribution in [1.29, 1.82) is 0 Å². The van der Waals surface area contributed by atoms with Gasteiger partial charge in [-0.3, -0.25) is 4.79 Å². The zero-order valence-electron chi connectivity index (χ0n) is 21.7. The lowest BCUT2D eigenvalue weighted by Crippen LogP contribution is -2.40. The Morgan fingerprint density at radius 1 is 1.19 bits per heavy atom. The molecule has 192 valence electrons. The Balaban J connectivity index is 1.36. The summed E-state index contributed by atoms with van der Waals surface area (Å²) >= 11 is 0. The molecule has 0 spiro atoms. The molecule has 1 amide bonds. The maximum Gasteiger partial charge on any atom is 0.246 e. The number of carbonyl (C=O) groups excluding carboxylic acids is 1. The maximum atomic E-state index is 13.9. The van der Waals surface area contributed by atoms with Gasteiger partial charge in [0.05, 0.1) is 6.61 Å². The van der Waals surface area contributed by atoms with E-state index in [1.54, 1.807) is 6.92 Å². The average Bonchev–Trinajstić information content (AvgIpc) is 3.35. The lowest BCUT2D eigenvalue weighted by atomic mass is 9.75. The van der Waals surface area contributed by atoms with Crippen LogP contribution in [0.15, 0.2) is 82.9 Å². The molecule has 5 rings (SSSR count). The fourth-order valence-corrected chi connectivity index (χ4v) is 5.30. The van der Waals surface area contributed by atoms with Gasteiger partial charge in [0.1, 0.15) is 11.2 Å². The van der Waals surface area contributed by atoms with Crippen LogP contribution in [-0.2, 0) is 10.2 Å². The predicted octanol–water partition coefficient (Wildman–Crippen LogP) is 5.28. The molecule has 0 radical (unpaired) electrons. The molecular weight excluding hydrogens is 464 g/mol. The van der Waals surface area contributed by atoms with E-state index >= 15 is 0 Å². The minimum atomic E-state index is -1.18. The van der Waals surface area contributed by atoms with E-state index in [2.05, 4.69) is 45.6 Å². The highest BCUT2D eigenvalue weighted by Crippen LogP contribution is 2.39. The molecule has 1 saturated heterocycles. The van der Waals surface area contributed by atoms with Crippen molar-refractivity contribution in [3.05, 3.63) is 95.7 Å². The molecule has 1 aliphatic heterocycles. The summed E-state index contributed by atoms with van der Waals surface area (Å²) in [4.78, 5) is 20.7. The van der Waals surface area contributed by atoms with Crippen LogP contribution >= 0.6 is 0 Å². The third-order valence-corrected chi connectivity index (χ3v) is 7.23. The van der Waals surface area contributed by atoms with Crippen LogP contribution in [0.1, 0.15) is 43.0 Å². The molecule has 2 aromatic carbocycles. The Hall–Kier alpha value is -3.71. The van der Waals surface area contributed by atoms with Gasteiger partial charge in [-0.15, -0.1) is 0 Å². The second kappa shape index (κ2) is 10.7. The standard InChI is InChI=1S/C30H34N4O3/c1-21-18-30(28-31-22(2)37-33-28,15-14-27(21)24-10-5-4-6-11-24)29(35)32-25-12-7-13-26(17-25)36-20-23-9-8-16-34(3)19-23/h4-7,10-15,17-18,23,27H,8-9,16,19-20H2,1-3H3,(H,32,35). The number of amides is 1. The fraction of sp³-hybridized carbons (Fsp3) is 0.367. The summed E-state index contributed by atoms with van der Waals surface area (Å²) in [6.07, 6.45) is 8.26. The summed E-state index contributed by atoms with van der Waals surface area (Å²) in [7, 11) is 2.15. The first kappa shape index (κ1) is 25.0. The molecule has 3 aromatic rings. The minimum absolute atomic E-state index is 0.0747. The molecule has 0 saturated carbocycles. The van der Waals surface area contributed by atoms with E-state index in [1.165, 1.54) is 18.4 Å². The van der Waals surface area contributed by atoms with Gasteiger partial charge in [-0.05, 0) is 51.1 Å². The van der Waals surface area contributed by atoms with Crippen LogP contribution in [0.4, 0.5) is 5.69 Å². The average molecular weight is 499 g/mol. The summed E-state index contributed by atoms with van der Waals surface area (Å²) in [5.74, 6) is 1.81. The zero-order valence-corrected chi connectivity index (χ0v) is 21.7. The molecule has 37 heavy (non-hydrogen) atoms. The third kappa shape index (κ3) is 5.52. The number of rotatable bonds is 7. The van der Waals surface area contributed by atoms with Crippen LogP contribution in [0.3, 0.4) is 0 Å². The van der Waals surface area contributed by atoms with Crippen molar-refractivity contribution in [1.82, 2.24) is 15.0 Å². The smallest absolute Gasteiger partial charge is 0.246 e. The van der Waals surface area contributed by atoms with Gasteiger partial charge in [-0.2, -0.15) is 4.98 Å². The number of allylic oxidation sites excluding steroid dienone is 2. The van der Waals surface area contributed by atoms with Crippen molar-refractivity contribution >= 4 is 11.6 Å². The van der Waals surface area contributed by atoms with E-state index in [-0.39, 0.29) is 11.8 Å². The predicted molar refractivity (Wildman–Crippen MR) is 144 cm³/mol. The van der Waals surface area contributed by atoms with Gasteiger partial charge in [0.25, 0.3) is 0 Å². The first-order chi connectivity index (χ1) is 17.9. The summed E-state index contributed by atoms with van der Waals surface area (Å²) in [5.41, 5.74) is 1.68.